The van der Waals surface area contributed by atoms with Crippen molar-refractivity contribution in [1.29, 1.82) is 0 Å². The Hall–Kier alpha value is -1.84. The summed E-state index contributed by atoms with van der Waals surface area (Å²) in [6, 6.07) is 8.02. The molecule has 0 saturated heterocycles. The molecular weight excluding hydrogens is 266 g/mol. The number of carbonyl (C=O) groups excluding carboxylic acids is 1. The van der Waals surface area contributed by atoms with Gasteiger partial charge < -0.3 is 10.0 Å². The Labute approximate surface area is 125 Å². The predicted molar refractivity (Wildman–Crippen MR) is 81.2 cm³/mol. The summed E-state index contributed by atoms with van der Waals surface area (Å²) in [7, 11) is 0. The number of carbonyl (C=O) groups is 2. The smallest absolute Gasteiger partial charge is 0.323 e. The fourth-order valence-electron chi connectivity index (χ4n) is 3.07. The summed E-state index contributed by atoms with van der Waals surface area (Å²) in [5.41, 5.74) is 2.30. The van der Waals surface area contributed by atoms with Crippen LogP contribution in [-0.4, -0.2) is 35.0 Å². The van der Waals surface area contributed by atoms with Crippen LogP contribution in [0.25, 0.3) is 0 Å². The topological polar surface area (TPSA) is 57.6 Å². The van der Waals surface area contributed by atoms with Crippen molar-refractivity contribution in [2.24, 2.45) is 5.92 Å². The number of hydrogen-bond acceptors (Lipinski definition) is 2. The Morgan fingerprint density at radius 3 is 2.71 bits per heavy atom. The molecule has 1 unspecified atom stereocenters. The van der Waals surface area contributed by atoms with Crippen LogP contribution >= 0.6 is 0 Å². The summed E-state index contributed by atoms with van der Waals surface area (Å²) in [5.74, 6) is -0.925. The van der Waals surface area contributed by atoms with Crippen LogP contribution in [0.5, 0.6) is 0 Å². The van der Waals surface area contributed by atoms with E-state index < -0.39 is 5.97 Å². The van der Waals surface area contributed by atoms with Crippen LogP contribution in [0.2, 0.25) is 0 Å². The van der Waals surface area contributed by atoms with Crippen molar-refractivity contribution in [3.63, 3.8) is 0 Å². The van der Waals surface area contributed by atoms with Gasteiger partial charge in [0.2, 0.25) is 5.91 Å². The number of hydrogen-bond donors (Lipinski definition) is 1. The van der Waals surface area contributed by atoms with Crippen LogP contribution in [0.1, 0.15) is 43.7 Å². The maximum atomic E-state index is 12.8. The molecule has 1 aromatic rings. The van der Waals surface area contributed by atoms with Crippen LogP contribution in [0.4, 0.5) is 0 Å². The Bertz CT molecular complexity index is 525. The van der Waals surface area contributed by atoms with Crippen LogP contribution in [0, 0.1) is 5.92 Å². The zero-order valence-corrected chi connectivity index (χ0v) is 12.7. The number of carboxylic acid groups (broad SMARTS) is 1. The average molecular weight is 289 g/mol. The van der Waals surface area contributed by atoms with Crippen LogP contribution in [0.15, 0.2) is 24.3 Å². The van der Waals surface area contributed by atoms with E-state index in [2.05, 4.69) is 6.07 Å². The molecule has 4 heteroatoms. The normalized spacial score (nSPS) is 17.4. The standard InChI is InChI=1S/C17H23NO3/c1-12(2)10-18(11-16(19)20)17(21)15-9-5-7-13-6-3-4-8-14(13)15/h3-4,6,8,12,15H,5,7,9-11H2,1-2H3,(H,19,20). The number of amides is 1. The van der Waals surface area contributed by atoms with Crippen molar-refractivity contribution in [3.05, 3.63) is 35.4 Å². The Morgan fingerprint density at radius 2 is 2.05 bits per heavy atom. The minimum Gasteiger partial charge on any atom is -0.480 e. The van der Waals surface area contributed by atoms with Crippen LogP contribution in [-0.2, 0) is 16.0 Å². The summed E-state index contributed by atoms with van der Waals surface area (Å²) in [4.78, 5) is 25.3. The first kappa shape index (κ1) is 15.5. The number of benzene rings is 1. The summed E-state index contributed by atoms with van der Waals surface area (Å²) < 4.78 is 0. The number of aliphatic carboxylic acids is 1. The van der Waals surface area contributed by atoms with Crippen LogP contribution in [0.3, 0.4) is 0 Å². The minimum absolute atomic E-state index is 0.0433. The van der Waals surface area contributed by atoms with Crippen molar-refractivity contribution in [1.82, 2.24) is 4.90 Å². The van der Waals surface area contributed by atoms with Gasteiger partial charge in [-0.2, -0.15) is 0 Å². The molecule has 4 nitrogen and oxygen atoms in total. The van der Waals surface area contributed by atoms with Crippen molar-refractivity contribution in [2.75, 3.05) is 13.1 Å². The third-order valence-corrected chi connectivity index (χ3v) is 3.89. The average Bonchev–Trinajstić information content (AvgIpc) is 2.44. The monoisotopic (exact) mass is 289 g/mol. The van der Waals surface area contributed by atoms with Gasteiger partial charge in [-0.3, -0.25) is 9.59 Å². The molecule has 0 spiro atoms. The third-order valence-electron chi connectivity index (χ3n) is 3.89. The maximum absolute atomic E-state index is 12.8. The highest BCUT2D eigenvalue weighted by molar-refractivity contribution is 5.87. The first-order chi connectivity index (χ1) is 9.99. The lowest BCUT2D eigenvalue weighted by molar-refractivity contribution is -0.145. The van der Waals surface area contributed by atoms with Gasteiger partial charge in [-0.1, -0.05) is 38.1 Å². The molecule has 1 amide bonds. The van der Waals surface area contributed by atoms with Gasteiger partial charge in [0.15, 0.2) is 0 Å². The highest BCUT2D eigenvalue weighted by Gasteiger charge is 2.30. The molecule has 1 aliphatic carbocycles. The molecule has 0 saturated carbocycles. The fraction of sp³-hybridized carbons (Fsp3) is 0.529. The lowest BCUT2D eigenvalue weighted by Gasteiger charge is -2.31. The molecule has 1 N–H and O–H groups in total. The van der Waals surface area contributed by atoms with Gasteiger partial charge >= 0.3 is 5.97 Å². The molecular formula is C17H23NO3. The van der Waals surface area contributed by atoms with E-state index in [-0.39, 0.29) is 24.3 Å². The first-order valence-electron chi connectivity index (χ1n) is 7.57. The second-order valence-electron chi connectivity index (χ2n) is 6.15. The number of carboxylic acids is 1. The molecule has 21 heavy (non-hydrogen) atoms. The van der Waals surface area contributed by atoms with E-state index in [0.717, 1.165) is 24.8 Å². The summed E-state index contributed by atoms with van der Waals surface area (Å²) >= 11 is 0. The van der Waals surface area contributed by atoms with Gasteiger partial charge in [-0.05, 0) is 36.3 Å². The SMILES string of the molecule is CC(C)CN(CC(=O)O)C(=O)C1CCCc2ccccc21. The molecule has 0 bridgehead atoms. The van der Waals surface area contributed by atoms with E-state index in [1.807, 2.05) is 32.0 Å². The molecule has 1 atom stereocenters. The molecule has 2 rings (SSSR count). The molecule has 0 aliphatic heterocycles. The molecule has 114 valence electrons. The number of aryl methyl sites for hydroxylation is 1. The van der Waals surface area contributed by atoms with Gasteiger partial charge in [0.1, 0.15) is 6.54 Å². The van der Waals surface area contributed by atoms with Gasteiger partial charge in [0.25, 0.3) is 0 Å². The van der Waals surface area contributed by atoms with Gasteiger partial charge in [-0.25, -0.2) is 0 Å². The highest BCUT2D eigenvalue weighted by Crippen LogP contribution is 2.33. The number of nitrogens with zero attached hydrogens (tertiary/aromatic N) is 1. The summed E-state index contributed by atoms with van der Waals surface area (Å²) in [6.45, 7) is 4.27. The van der Waals surface area contributed by atoms with Crippen molar-refractivity contribution in [2.45, 2.75) is 39.0 Å². The molecule has 1 aliphatic rings. The van der Waals surface area contributed by atoms with Gasteiger partial charge in [0, 0.05) is 6.54 Å². The quantitative estimate of drug-likeness (QED) is 0.906. The van der Waals surface area contributed by atoms with E-state index in [9.17, 15) is 9.59 Å². The lowest BCUT2D eigenvalue weighted by atomic mass is 9.82. The van der Waals surface area contributed by atoms with Gasteiger partial charge in [-0.15, -0.1) is 0 Å². The Morgan fingerprint density at radius 1 is 1.33 bits per heavy atom. The second-order valence-corrected chi connectivity index (χ2v) is 6.15. The van der Waals surface area contributed by atoms with E-state index >= 15 is 0 Å². The highest BCUT2D eigenvalue weighted by atomic mass is 16.4. The van der Waals surface area contributed by atoms with Crippen LogP contribution < -0.4 is 0 Å². The predicted octanol–water partition coefficient (Wildman–Crippen LogP) is 2.68. The Balaban J connectivity index is 2.23. The van der Waals surface area contributed by atoms with E-state index in [1.54, 1.807) is 0 Å². The number of fused-ring (bicyclic) bond motifs is 1. The molecule has 0 heterocycles. The van der Waals surface area contributed by atoms with Crippen molar-refractivity contribution in [3.8, 4) is 0 Å². The number of rotatable bonds is 5. The summed E-state index contributed by atoms with van der Waals surface area (Å²) in [6.07, 6.45) is 2.79. The lowest BCUT2D eigenvalue weighted by Crippen LogP contribution is -2.41. The zero-order chi connectivity index (χ0) is 15.4. The summed E-state index contributed by atoms with van der Waals surface area (Å²) in [5, 5.41) is 9.05. The molecule has 1 aromatic carbocycles. The van der Waals surface area contributed by atoms with E-state index in [1.165, 1.54) is 10.5 Å². The second kappa shape index (κ2) is 6.74. The van der Waals surface area contributed by atoms with Crippen molar-refractivity contribution < 1.29 is 14.7 Å². The molecule has 0 aromatic heterocycles. The molecule has 0 fully saturated rings. The molecule has 0 radical (unpaired) electrons. The first-order valence-corrected chi connectivity index (χ1v) is 7.57. The fourth-order valence-corrected chi connectivity index (χ4v) is 3.07. The van der Waals surface area contributed by atoms with E-state index in [4.69, 9.17) is 5.11 Å². The zero-order valence-electron chi connectivity index (χ0n) is 12.7. The Kier molecular flexibility index (Phi) is 4.99. The third kappa shape index (κ3) is 3.84. The minimum atomic E-state index is -0.951. The maximum Gasteiger partial charge on any atom is 0.323 e. The van der Waals surface area contributed by atoms with Crippen molar-refractivity contribution >= 4 is 11.9 Å². The largest absolute Gasteiger partial charge is 0.480 e. The van der Waals surface area contributed by atoms with Gasteiger partial charge in [0.05, 0.1) is 5.92 Å². The van der Waals surface area contributed by atoms with E-state index in [0.29, 0.717) is 6.54 Å².